The summed E-state index contributed by atoms with van der Waals surface area (Å²) in [5.41, 5.74) is 8.61. The quantitative estimate of drug-likeness (QED) is 0.0694. The summed E-state index contributed by atoms with van der Waals surface area (Å²) in [5.74, 6) is -3.96. The van der Waals surface area contributed by atoms with Gasteiger partial charge < -0.3 is 30.7 Å². The van der Waals surface area contributed by atoms with E-state index in [4.69, 9.17) is 55.9 Å². The molecule has 11 aromatic rings. The number of ether oxygens (including phenoxy) is 2. The van der Waals surface area contributed by atoms with E-state index in [9.17, 15) is 62.3 Å². The number of carbonyl (C=O) groups is 13. The van der Waals surface area contributed by atoms with E-state index < -0.39 is 52.4 Å². The lowest BCUT2D eigenvalue weighted by Crippen LogP contribution is -2.33. The Morgan fingerprint density at radius 2 is 0.672 bits per heavy atom. The molecule has 119 heavy (non-hydrogen) atoms. The predicted molar refractivity (Wildman–Crippen MR) is 455 cm³/mol. The number of methoxy groups -OCH3 is 2. The van der Waals surface area contributed by atoms with Gasteiger partial charge in [0.25, 0.3) is 17.7 Å². The van der Waals surface area contributed by atoms with Crippen molar-refractivity contribution in [1.82, 2.24) is 16.0 Å². The second kappa shape index (κ2) is 37.9. The van der Waals surface area contributed by atoms with Gasteiger partial charge in [0.05, 0.1) is 30.5 Å². The average molecular weight is 1660 g/mol. The molecule has 0 bridgehead atoms. The predicted octanol–water partition coefficient (Wildman–Crippen LogP) is 18.9. The van der Waals surface area contributed by atoms with Crippen LogP contribution in [0.15, 0.2) is 340 Å². The van der Waals surface area contributed by atoms with Crippen LogP contribution in [-0.4, -0.2) is 89.8 Å². The summed E-state index contributed by atoms with van der Waals surface area (Å²) < 4.78 is 10.7. The first-order valence-electron chi connectivity index (χ1n) is 36.6. The van der Waals surface area contributed by atoms with Crippen LogP contribution in [-0.2, 0) is 0 Å². The number of carbonyl (C=O) groups excluding carboxylic acids is 13. The molecular formula is C96H66Cl4N4O15. The number of anilines is 1. The molecule has 3 amide bonds. The first-order valence-corrected chi connectivity index (χ1v) is 38.1. The van der Waals surface area contributed by atoms with Crippen LogP contribution >= 0.6 is 46.4 Å². The van der Waals surface area contributed by atoms with E-state index in [-0.39, 0.29) is 99.3 Å². The fourth-order valence-electron chi connectivity index (χ4n) is 13.0. The average Bonchev–Trinajstić information content (AvgIpc) is 0.750. The minimum atomic E-state index is -0.578. The number of para-hydroxylation sites is 1. The number of hydrogen-bond acceptors (Lipinski definition) is 16. The highest BCUT2D eigenvalue weighted by atomic mass is 35.5. The van der Waals surface area contributed by atoms with Crippen LogP contribution in [0.25, 0.3) is 16.7 Å². The Hall–Kier alpha value is -14.5. The Labute approximate surface area is 702 Å². The SMILES string of the molecule is C=CCCC1=C(Cl)C(=O)c2ccccc2C1=O.COc1cccc(-c2cc(C(=O)NC3=C(Cl)C(=O)c4ccccc4C3=O)ccc2OC)c1.Cc1ccc(C(=O)NC2=C(Cl)C(=O)c3ccccc3C2=O)cc1.O=C(NC1=C(Cl)C(=O)c2ccccc2C1=O)c1ccccc1.O=C1C(Nc2ccccc2)=C(c2ccccc2)C(=O)c2ccccc21. The topological polar surface area (TPSA) is 288 Å². The van der Waals surface area contributed by atoms with E-state index in [2.05, 4.69) is 27.8 Å². The van der Waals surface area contributed by atoms with Crippen LogP contribution < -0.4 is 30.7 Å². The zero-order valence-electron chi connectivity index (χ0n) is 63.4. The summed E-state index contributed by atoms with van der Waals surface area (Å²) in [6.45, 7) is 5.50. The molecule has 0 saturated carbocycles. The van der Waals surface area contributed by atoms with E-state index in [1.54, 1.807) is 171 Å². The molecule has 0 spiro atoms. The first kappa shape index (κ1) is 83.9. The second-order valence-corrected chi connectivity index (χ2v) is 28.1. The van der Waals surface area contributed by atoms with Crippen molar-refractivity contribution in [3.8, 4) is 22.6 Å². The molecule has 16 rings (SSSR count). The number of rotatable bonds is 15. The highest BCUT2D eigenvalue weighted by Crippen LogP contribution is 2.38. The standard InChI is InChI=1S/C25H18ClNO5.C22H15NO2.C18H12ClNO3.C17H10ClNO3.C14H11ClO2/c1-31-16-7-5-6-14(12-16)19-13-15(10-11-20(19)32-2)25(30)27-22-21(26)23(28)17-8-3-4-9-18(17)24(22)29;24-21-17-13-7-8-14-18(17)22(25)20(23-16-11-5-2-6-12-16)19(21)15-9-3-1-4-10-15;1-10-6-8-11(9-7-10)18(23)20-15-14(19)16(21)12-4-2-3-5-13(12)17(15)22;18-13-14(19-17(22)10-6-2-1-3-7-10)16(21)12-9-5-4-8-11(12)15(13)20;1-2-3-6-11-12(15)14(17)10-8-5-4-7-9(10)13(11)16/h3-13H,1-2H3,(H,27,30);1-14,23H;2-9H,1H3,(H,20,23);1-9H,(H,19,22);2,4-5,7-8H,1,3,6H2. The molecule has 0 unspecified atom stereocenters. The van der Waals surface area contributed by atoms with Crippen molar-refractivity contribution in [2.24, 2.45) is 0 Å². The summed E-state index contributed by atoms with van der Waals surface area (Å²) in [6, 6.07) is 79.0. The number of aryl methyl sites for hydroxylation is 1. The van der Waals surface area contributed by atoms with E-state index in [0.717, 1.165) is 22.4 Å². The molecule has 4 N–H and O–H groups in total. The normalized spacial score (nSPS) is 13.7. The van der Waals surface area contributed by atoms with Crippen LogP contribution in [0.4, 0.5) is 5.69 Å². The van der Waals surface area contributed by atoms with Gasteiger partial charge in [0.1, 0.15) is 43.7 Å². The van der Waals surface area contributed by atoms with Crippen LogP contribution in [0.1, 0.15) is 159 Å². The molecule has 588 valence electrons. The number of ketones is 10. The minimum Gasteiger partial charge on any atom is -0.497 e. The molecule has 0 atom stereocenters. The number of Topliss-reactive ketones (excluding diaryl/α,β-unsaturated/α-hetero) is 10. The van der Waals surface area contributed by atoms with E-state index in [1.807, 2.05) is 91.9 Å². The summed E-state index contributed by atoms with van der Waals surface area (Å²) >= 11 is 24.1. The van der Waals surface area contributed by atoms with E-state index in [0.29, 0.717) is 80.1 Å². The highest BCUT2D eigenvalue weighted by Gasteiger charge is 2.38. The number of amides is 3. The number of fused-ring (bicyclic) bond motifs is 5. The van der Waals surface area contributed by atoms with Crippen molar-refractivity contribution >= 4 is 133 Å². The third kappa shape index (κ3) is 18.3. The monoisotopic (exact) mass is 1650 g/mol. The van der Waals surface area contributed by atoms with Gasteiger partial charge in [-0.1, -0.05) is 270 Å². The van der Waals surface area contributed by atoms with Crippen LogP contribution in [0.5, 0.6) is 11.5 Å². The molecule has 5 aliphatic carbocycles. The smallest absolute Gasteiger partial charge is 0.255 e. The van der Waals surface area contributed by atoms with Crippen molar-refractivity contribution in [2.45, 2.75) is 19.8 Å². The summed E-state index contributed by atoms with van der Waals surface area (Å²) in [5, 5.41) is 9.78. The highest BCUT2D eigenvalue weighted by molar-refractivity contribution is 6.52. The number of benzene rings is 11. The zero-order valence-corrected chi connectivity index (χ0v) is 66.4. The van der Waals surface area contributed by atoms with Crippen molar-refractivity contribution in [1.29, 1.82) is 0 Å². The molecule has 0 fully saturated rings. The molecule has 0 aliphatic heterocycles. The minimum absolute atomic E-state index is 0.0514. The van der Waals surface area contributed by atoms with Crippen molar-refractivity contribution < 1.29 is 71.8 Å². The van der Waals surface area contributed by atoms with Gasteiger partial charge in [0.15, 0.2) is 11.6 Å². The Morgan fingerprint density at radius 3 is 1.09 bits per heavy atom. The number of halogens is 4. The number of nitrogens with one attached hydrogen (secondary N) is 4. The van der Waals surface area contributed by atoms with Crippen LogP contribution in [0.2, 0.25) is 0 Å². The maximum atomic E-state index is 13.1. The summed E-state index contributed by atoms with van der Waals surface area (Å²) in [7, 11) is 3.10. The molecule has 5 aliphatic rings. The largest absolute Gasteiger partial charge is 0.497 e. The fourth-order valence-corrected chi connectivity index (χ4v) is 14.0. The van der Waals surface area contributed by atoms with E-state index >= 15 is 0 Å². The summed E-state index contributed by atoms with van der Waals surface area (Å²) in [4.78, 5) is 162. The number of hydrogen-bond donors (Lipinski definition) is 4. The van der Waals surface area contributed by atoms with Gasteiger partial charge >= 0.3 is 0 Å². The molecular weight excluding hydrogens is 1590 g/mol. The third-order valence-electron chi connectivity index (χ3n) is 19.1. The van der Waals surface area contributed by atoms with Gasteiger partial charge in [0.2, 0.25) is 46.3 Å². The van der Waals surface area contributed by atoms with Gasteiger partial charge in [-0.05, 0) is 97.6 Å². The molecule has 0 heterocycles. The lowest BCUT2D eigenvalue weighted by Gasteiger charge is -2.22. The molecule has 0 aromatic heterocycles. The maximum Gasteiger partial charge on any atom is 0.255 e. The molecule has 0 radical (unpaired) electrons. The third-order valence-corrected chi connectivity index (χ3v) is 20.6. The van der Waals surface area contributed by atoms with Crippen LogP contribution in [0, 0.1) is 6.92 Å². The fraction of sp³-hybridized carbons (Fsp3) is 0.0521. The van der Waals surface area contributed by atoms with Gasteiger partial charge in [-0.2, -0.15) is 0 Å². The van der Waals surface area contributed by atoms with Gasteiger partial charge in [-0.25, -0.2) is 0 Å². The Kier molecular flexibility index (Phi) is 26.7. The molecule has 11 aromatic carbocycles. The summed E-state index contributed by atoms with van der Waals surface area (Å²) in [6.07, 6.45) is 2.80. The van der Waals surface area contributed by atoms with Crippen LogP contribution in [0.3, 0.4) is 0 Å². The van der Waals surface area contributed by atoms with Crippen molar-refractivity contribution in [3.63, 3.8) is 0 Å². The van der Waals surface area contributed by atoms with Gasteiger partial charge in [-0.3, -0.25) is 62.3 Å². The Morgan fingerprint density at radius 1 is 0.328 bits per heavy atom. The maximum absolute atomic E-state index is 13.1. The van der Waals surface area contributed by atoms with Crippen molar-refractivity contribution in [2.75, 3.05) is 19.5 Å². The van der Waals surface area contributed by atoms with E-state index in [1.165, 1.54) is 43.5 Å². The second-order valence-electron chi connectivity index (χ2n) is 26.6. The Balaban J connectivity index is 0.000000138. The molecule has 23 heteroatoms. The first-order chi connectivity index (χ1) is 57.4. The molecule has 19 nitrogen and oxygen atoms in total. The molecule has 0 saturated heterocycles. The van der Waals surface area contributed by atoms with Crippen molar-refractivity contribution in [3.05, 3.63) is 424 Å². The van der Waals surface area contributed by atoms with Gasteiger partial charge in [0, 0.05) is 89.1 Å². The lowest BCUT2D eigenvalue weighted by atomic mass is 9.84. The number of allylic oxidation sites excluding steroid dienone is 11. The Bertz CT molecular complexity index is 6240. The lowest BCUT2D eigenvalue weighted by molar-refractivity contribution is 0.0920. The zero-order chi connectivity index (χ0) is 84.7. The van der Waals surface area contributed by atoms with Gasteiger partial charge in [-0.15, -0.1) is 6.58 Å².